The van der Waals surface area contributed by atoms with Crippen molar-refractivity contribution in [3.05, 3.63) is 11.9 Å². The van der Waals surface area contributed by atoms with Gasteiger partial charge in [0.15, 0.2) is 5.78 Å². The molecule has 0 saturated carbocycles. The molecule has 0 aromatic carbocycles. The molecule has 1 rings (SSSR count). The van der Waals surface area contributed by atoms with E-state index in [1.165, 1.54) is 0 Å². The van der Waals surface area contributed by atoms with Crippen LogP contribution in [0.5, 0.6) is 0 Å². The summed E-state index contributed by atoms with van der Waals surface area (Å²) in [5, 5.41) is 0. The lowest BCUT2D eigenvalue weighted by atomic mass is 10.5. The van der Waals surface area contributed by atoms with Crippen LogP contribution in [0.25, 0.3) is 0 Å². The fourth-order valence-corrected chi connectivity index (χ4v) is 1.78. The van der Waals surface area contributed by atoms with Gasteiger partial charge in [0, 0.05) is 13.4 Å². The summed E-state index contributed by atoms with van der Waals surface area (Å²) in [6.07, 6.45) is 2.11. The third kappa shape index (κ3) is 1.25. The Morgan fingerprint density at radius 3 is 2.71 bits per heavy atom. The number of allylic oxidation sites excluding steroid dienone is 1. The molecule has 1 atom stereocenters. The van der Waals surface area contributed by atoms with Gasteiger partial charge in [-0.15, -0.1) is 0 Å². The number of halogens is 1. The van der Waals surface area contributed by atoms with E-state index in [1.54, 1.807) is 11.9 Å². The maximum absolute atomic E-state index is 10.3. The van der Waals surface area contributed by atoms with Crippen molar-refractivity contribution in [3.63, 3.8) is 0 Å². The predicted octanol–water partition coefficient (Wildman–Crippen LogP) is 1.72. The lowest BCUT2D eigenvalue weighted by molar-refractivity contribution is -0.112. The Morgan fingerprint density at radius 2 is 2.57 bits per heavy atom. The molecule has 1 aliphatic rings. The van der Waals surface area contributed by atoms with Crippen molar-refractivity contribution in [3.8, 4) is 0 Å². The Morgan fingerprint density at radius 1 is 1.86 bits per heavy atom. The topological polar surface area (TPSA) is 17.1 Å². The molecule has 0 spiro atoms. The standard InChI is InChI=1S/C4H4ClOP/c5-7-2-1-4(6)3-7/h1-2H,3H2. The molecule has 1 heterocycles. The molecule has 0 aromatic rings. The maximum atomic E-state index is 10.3. The minimum Gasteiger partial charge on any atom is -0.294 e. The van der Waals surface area contributed by atoms with Crippen molar-refractivity contribution < 1.29 is 4.79 Å². The van der Waals surface area contributed by atoms with E-state index in [-0.39, 0.29) is 5.78 Å². The molecule has 0 aromatic heterocycles. The first-order chi connectivity index (χ1) is 3.29. The summed E-state index contributed by atoms with van der Waals surface area (Å²) in [5.41, 5.74) is 0. The minimum atomic E-state index is -0.562. The van der Waals surface area contributed by atoms with Gasteiger partial charge in [0.05, 0.1) is 0 Å². The van der Waals surface area contributed by atoms with E-state index < -0.39 is 7.27 Å². The predicted molar refractivity (Wildman–Crippen MR) is 31.8 cm³/mol. The second-order valence-electron chi connectivity index (χ2n) is 1.34. The fourth-order valence-electron chi connectivity index (χ4n) is 0.418. The number of hydrogen-bond donors (Lipinski definition) is 0. The summed E-state index contributed by atoms with van der Waals surface area (Å²) in [6, 6.07) is 0. The zero-order valence-corrected chi connectivity index (χ0v) is 5.25. The smallest absolute Gasteiger partial charge is 0.161 e. The Hall–Kier alpha value is 0.130. The van der Waals surface area contributed by atoms with Crippen molar-refractivity contribution in [1.29, 1.82) is 0 Å². The van der Waals surface area contributed by atoms with E-state index in [9.17, 15) is 4.79 Å². The van der Waals surface area contributed by atoms with Gasteiger partial charge in [-0.05, 0) is 11.9 Å². The van der Waals surface area contributed by atoms with Crippen LogP contribution in [-0.2, 0) is 4.79 Å². The van der Waals surface area contributed by atoms with E-state index in [4.69, 9.17) is 11.2 Å². The zero-order valence-electron chi connectivity index (χ0n) is 3.60. The molecule has 0 bridgehead atoms. The van der Waals surface area contributed by atoms with Crippen molar-refractivity contribution in [2.45, 2.75) is 0 Å². The van der Waals surface area contributed by atoms with Crippen LogP contribution in [0.4, 0.5) is 0 Å². The van der Waals surface area contributed by atoms with Crippen molar-refractivity contribution >= 4 is 24.3 Å². The number of carbonyl (C=O) groups excluding carboxylic acids is 1. The summed E-state index contributed by atoms with van der Waals surface area (Å²) < 4.78 is 0. The number of rotatable bonds is 0. The quantitative estimate of drug-likeness (QED) is 0.461. The van der Waals surface area contributed by atoms with Gasteiger partial charge in [0.1, 0.15) is 0 Å². The van der Waals surface area contributed by atoms with Gasteiger partial charge < -0.3 is 0 Å². The van der Waals surface area contributed by atoms with Crippen LogP contribution in [0, 0.1) is 0 Å². The minimum absolute atomic E-state index is 0.168. The van der Waals surface area contributed by atoms with Gasteiger partial charge in [-0.1, -0.05) is 11.2 Å². The first kappa shape index (κ1) is 5.27. The Kier molecular flexibility index (Phi) is 1.46. The summed E-state index contributed by atoms with van der Waals surface area (Å²) in [4.78, 5) is 10.3. The number of carbonyl (C=O) groups is 1. The highest BCUT2D eigenvalue weighted by Crippen LogP contribution is 2.45. The molecule has 1 unspecified atom stereocenters. The molecule has 0 amide bonds. The Labute approximate surface area is 47.9 Å². The Bertz CT molecular complexity index is 121. The van der Waals surface area contributed by atoms with Crippen LogP contribution in [0.2, 0.25) is 0 Å². The van der Waals surface area contributed by atoms with Crippen LogP contribution in [0.3, 0.4) is 0 Å². The highest BCUT2D eigenvalue weighted by Gasteiger charge is 2.10. The number of ketones is 1. The first-order valence-corrected chi connectivity index (χ1v) is 4.42. The molecule has 1 aliphatic heterocycles. The average Bonchev–Trinajstić information content (AvgIpc) is 1.87. The van der Waals surface area contributed by atoms with E-state index in [1.807, 2.05) is 0 Å². The molecule has 7 heavy (non-hydrogen) atoms. The van der Waals surface area contributed by atoms with Gasteiger partial charge in [0.2, 0.25) is 0 Å². The van der Waals surface area contributed by atoms with Crippen molar-refractivity contribution in [2.24, 2.45) is 0 Å². The zero-order chi connectivity index (χ0) is 5.28. The molecule has 0 saturated heterocycles. The van der Waals surface area contributed by atoms with Crippen LogP contribution >= 0.6 is 18.5 Å². The average molecular weight is 135 g/mol. The monoisotopic (exact) mass is 134 g/mol. The van der Waals surface area contributed by atoms with Crippen molar-refractivity contribution in [1.82, 2.24) is 0 Å². The van der Waals surface area contributed by atoms with E-state index in [2.05, 4.69) is 0 Å². The van der Waals surface area contributed by atoms with E-state index in [0.717, 1.165) is 0 Å². The van der Waals surface area contributed by atoms with Crippen LogP contribution in [-0.4, -0.2) is 11.9 Å². The van der Waals surface area contributed by atoms with E-state index in [0.29, 0.717) is 6.16 Å². The lowest BCUT2D eigenvalue weighted by Gasteiger charge is -1.86. The summed E-state index contributed by atoms with van der Waals surface area (Å²) in [7, 11) is -0.562. The van der Waals surface area contributed by atoms with E-state index >= 15 is 0 Å². The second-order valence-corrected chi connectivity index (χ2v) is 4.06. The van der Waals surface area contributed by atoms with Gasteiger partial charge in [-0.25, -0.2) is 0 Å². The highest BCUT2D eigenvalue weighted by molar-refractivity contribution is 7.87. The summed E-state index contributed by atoms with van der Waals surface area (Å²) in [6.45, 7) is 0. The molecule has 0 aliphatic carbocycles. The fraction of sp³-hybridized carbons (Fsp3) is 0.250. The third-order valence-electron chi connectivity index (χ3n) is 0.729. The molecule has 38 valence electrons. The second kappa shape index (κ2) is 1.94. The molecule has 0 fully saturated rings. The molecule has 0 N–H and O–H groups in total. The van der Waals surface area contributed by atoms with Crippen LogP contribution in [0.1, 0.15) is 0 Å². The highest BCUT2D eigenvalue weighted by atomic mass is 35.7. The Balaban J connectivity index is 2.58. The normalized spacial score (nSPS) is 29.3. The molecular formula is C4H4ClOP. The largest absolute Gasteiger partial charge is 0.294 e. The molecular weight excluding hydrogens is 130 g/mol. The third-order valence-corrected chi connectivity index (χ3v) is 2.51. The maximum Gasteiger partial charge on any atom is 0.161 e. The van der Waals surface area contributed by atoms with Crippen molar-refractivity contribution in [2.75, 3.05) is 6.16 Å². The van der Waals surface area contributed by atoms with Gasteiger partial charge in [0.25, 0.3) is 0 Å². The van der Waals surface area contributed by atoms with Gasteiger partial charge in [-0.3, -0.25) is 4.79 Å². The van der Waals surface area contributed by atoms with Crippen LogP contribution in [0.15, 0.2) is 11.9 Å². The lowest BCUT2D eigenvalue weighted by Crippen LogP contribution is -1.87. The first-order valence-electron chi connectivity index (χ1n) is 1.92. The molecule has 3 heteroatoms. The summed E-state index contributed by atoms with van der Waals surface area (Å²) >= 11 is 5.56. The van der Waals surface area contributed by atoms with Crippen LogP contribution < -0.4 is 0 Å². The summed E-state index contributed by atoms with van der Waals surface area (Å²) in [5.74, 6) is 1.94. The molecule has 0 radical (unpaired) electrons. The SMILES string of the molecule is O=C1C=CP(Cl)C1. The van der Waals surface area contributed by atoms with Gasteiger partial charge in [-0.2, -0.15) is 0 Å². The number of hydrogen-bond acceptors (Lipinski definition) is 1. The van der Waals surface area contributed by atoms with Gasteiger partial charge >= 0.3 is 0 Å². The molecule has 1 nitrogen and oxygen atoms in total.